The summed E-state index contributed by atoms with van der Waals surface area (Å²) in [6.45, 7) is 1.44. The van der Waals surface area contributed by atoms with Crippen LogP contribution in [0.5, 0.6) is 0 Å². The number of aromatic carboxylic acids is 1. The van der Waals surface area contributed by atoms with Crippen LogP contribution in [0.1, 0.15) is 46.7 Å². The summed E-state index contributed by atoms with van der Waals surface area (Å²) in [4.78, 5) is 25.6. The van der Waals surface area contributed by atoms with Crippen molar-refractivity contribution in [1.29, 1.82) is 0 Å². The number of piperidine rings is 1. The SMILES string of the molecule is Cn1cc(CCC(=O)N2CCC[C@H](c3cccc(C(=O)O)c3)C2)cn1. The number of rotatable bonds is 5. The third-order valence-corrected chi connectivity index (χ3v) is 4.76. The Kier molecular flexibility index (Phi) is 5.16. The van der Waals surface area contributed by atoms with Crippen molar-refractivity contribution in [2.24, 2.45) is 7.05 Å². The average molecular weight is 341 g/mol. The van der Waals surface area contributed by atoms with Gasteiger partial charge in [-0.15, -0.1) is 0 Å². The molecule has 1 amide bonds. The second kappa shape index (κ2) is 7.51. The first kappa shape index (κ1) is 17.2. The summed E-state index contributed by atoms with van der Waals surface area (Å²) in [5, 5.41) is 13.3. The van der Waals surface area contributed by atoms with Crippen molar-refractivity contribution in [1.82, 2.24) is 14.7 Å². The number of carboxylic acids is 1. The number of aromatic nitrogens is 2. The number of benzene rings is 1. The Balaban J connectivity index is 1.61. The third-order valence-electron chi connectivity index (χ3n) is 4.76. The van der Waals surface area contributed by atoms with E-state index in [0.717, 1.165) is 30.5 Å². The molecule has 1 aromatic carbocycles. The fourth-order valence-corrected chi connectivity index (χ4v) is 3.41. The van der Waals surface area contributed by atoms with Crippen molar-refractivity contribution in [3.8, 4) is 0 Å². The van der Waals surface area contributed by atoms with Crippen LogP contribution in [0.4, 0.5) is 0 Å². The van der Waals surface area contributed by atoms with Gasteiger partial charge in [-0.1, -0.05) is 12.1 Å². The fourth-order valence-electron chi connectivity index (χ4n) is 3.41. The van der Waals surface area contributed by atoms with Crippen molar-refractivity contribution in [3.05, 3.63) is 53.3 Å². The third kappa shape index (κ3) is 4.26. The summed E-state index contributed by atoms with van der Waals surface area (Å²) >= 11 is 0. The number of hydrogen-bond donors (Lipinski definition) is 1. The minimum Gasteiger partial charge on any atom is -0.478 e. The molecule has 1 aliphatic rings. The predicted molar refractivity (Wildman–Crippen MR) is 93.5 cm³/mol. The number of hydrogen-bond acceptors (Lipinski definition) is 3. The van der Waals surface area contributed by atoms with E-state index in [-0.39, 0.29) is 11.8 Å². The first-order valence-corrected chi connectivity index (χ1v) is 8.61. The zero-order chi connectivity index (χ0) is 17.8. The van der Waals surface area contributed by atoms with Crippen molar-refractivity contribution >= 4 is 11.9 Å². The van der Waals surface area contributed by atoms with Gasteiger partial charge in [-0.05, 0) is 42.5 Å². The van der Waals surface area contributed by atoms with Crippen LogP contribution in [0.25, 0.3) is 0 Å². The molecule has 0 spiro atoms. The molecular formula is C19H23N3O3. The van der Waals surface area contributed by atoms with Crippen molar-refractivity contribution in [3.63, 3.8) is 0 Å². The molecule has 1 fully saturated rings. The van der Waals surface area contributed by atoms with Gasteiger partial charge in [0.05, 0.1) is 11.8 Å². The number of likely N-dealkylation sites (tertiary alicyclic amines) is 1. The maximum absolute atomic E-state index is 12.5. The van der Waals surface area contributed by atoms with E-state index in [1.165, 1.54) is 0 Å². The monoisotopic (exact) mass is 341 g/mol. The Hall–Kier alpha value is -2.63. The van der Waals surface area contributed by atoms with Gasteiger partial charge in [-0.3, -0.25) is 9.48 Å². The fraction of sp³-hybridized carbons (Fsp3) is 0.421. The number of carbonyl (C=O) groups excluding carboxylic acids is 1. The summed E-state index contributed by atoms with van der Waals surface area (Å²) in [6.07, 6.45) is 6.83. The van der Waals surface area contributed by atoms with E-state index >= 15 is 0 Å². The molecule has 2 heterocycles. The van der Waals surface area contributed by atoms with Gasteiger partial charge in [0, 0.05) is 38.7 Å². The Bertz CT molecular complexity index is 769. The van der Waals surface area contributed by atoms with E-state index in [9.17, 15) is 9.59 Å². The van der Waals surface area contributed by atoms with Crippen LogP contribution in [0.3, 0.4) is 0 Å². The molecule has 1 saturated heterocycles. The molecule has 1 atom stereocenters. The van der Waals surface area contributed by atoms with Gasteiger partial charge in [0.2, 0.25) is 5.91 Å². The van der Waals surface area contributed by atoms with E-state index < -0.39 is 5.97 Å². The topological polar surface area (TPSA) is 75.4 Å². The Morgan fingerprint density at radius 2 is 2.20 bits per heavy atom. The molecule has 0 radical (unpaired) electrons. The van der Waals surface area contributed by atoms with E-state index in [1.54, 1.807) is 29.1 Å². The molecule has 132 valence electrons. The molecule has 2 aromatic rings. The van der Waals surface area contributed by atoms with Gasteiger partial charge in [0.1, 0.15) is 0 Å². The van der Waals surface area contributed by atoms with Crippen LogP contribution in [-0.2, 0) is 18.3 Å². The lowest BCUT2D eigenvalue weighted by molar-refractivity contribution is -0.132. The second-order valence-electron chi connectivity index (χ2n) is 6.63. The highest BCUT2D eigenvalue weighted by Crippen LogP contribution is 2.28. The number of carbonyl (C=O) groups is 2. The van der Waals surface area contributed by atoms with Crippen molar-refractivity contribution in [2.45, 2.75) is 31.6 Å². The van der Waals surface area contributed by atoms with Crippen LogP contribution in [-0.4, -0.2) is 44.8 Å². The molecule has 6 heteroatoms. The molecule has 25 heavy (non-hydrogen) atoms. The smallest absolute Gasteiger partial charge is 0.335 e. The van der Waals surface area contributed by atoms with Gasteiger partial charge >= 0.3 is 5.97 Å². The summed E-state index contributed by atoms with van der Waals surface area (Å²) in [7, 11) is 1.87. The molecular weight excluding hydrogens is 318 g/mol. The maximum atomic E-state index is 12.5. The number of aryl methyl sites for hydroxylation is 2. The van der Waals surface area contributed by atoms with E-state index in [2.05, 4.69) is 5.10 Å². The molecule has 1 aromatic heterocycles. The van der Waals surface area contributed by atoms with Crippen molar-refractivity contribution < 1.29 is 14.7 Å². The maximum Gasteiger partial charge on any atom is 0.335 e. The Morgan fingerprint density at radius 1 is 1.36 bits per heavy atom. The lowest BCUT2D eigenvalue weighted by Crippen LogP contribution is -2.39. The first-order valence-electron chi connectivity index (χ1n) is 8.61. The average Bonchev–Trinajstić information content (AvgIpc) is 3.05. The Morgan fingerprint density at radius 3 is 2.92 bits per heavy atom. The second-order valence-corrected chi connectivity index (χ2v) is 6.63. The lowest BCUT2D eigenvalue weighted by atomic mass is 9.89. The van der Waals surface area contributed by atoms with Crippen LogP contribution >= 0.6 is 0 Å². The molecule has 3 rings (SSSR count). The number of carboxylic acid groups (broad SMARTS) is 1. The highest BCUT2D eigenvalue weighted by molar-refractivity contribution is 5.87. The summed E-state index contributed by atoms with van der Waals surface area (Å²) in [5.41, 5.74) is 2.38. The van der Waals surface area contributed by atoms with Gasteiger partial charge in [-0.2, -0.15) is 5.10 Å². The van der Waals surface area contributed by atoms with Crippen LogP contribution in [0.15, 0.2) is 36.7 Å². The van der Waals surface area contributed by atoms with Crippen LogP contribution in [0, 0.1) is 0 Å². The standard InChI is InChI=1S/C19H23N3O3/c1-21-12-14(11-20-21)7-8-18(23)22-9-3-6-17(13-22)15-4-2-5-16(10-15)19(24)25/h2,4-5,10-12,17H,3,6-9,13H2,1H3,(H,24,25)/t17-/m0/s1. The van der Waals surface area contributed by atoms with Gasteiger partial charge < -0.3 is 10.0 Å². The van der Waals surface area contributed by atoms with Gasteiger partial charge in [-0.25, -0.2) is 4.79 Å². The van der Waals surface area contributed by atoms with E-state index in [4.69, 9.17) is 5.11 Å². The Labute approximate surface area is 147 Å². The highest BCUT2D eigenvalue weighted by atomic mass is 16.4. The molecule has 0 aliphatic carbocycles. The zero-order valence-electron chi connectivity index (χ0n) is 14.4. The van der Waals surface area contributed by atoms with Gasteiger partial charge in [0.25, 0.3) is 0 Å². The van der Waals surface area contributed by atoms with Crippen LogP contribution in [0.2, 0.25) is 0 Å². The number of amides is 1. The molecule has 1 N–H and O–H groups in total. The molecule has 6 nitrogen and oxygen atoms in total. The molecule has 0 bridgehead atoms. The summed E-state index contributed by atoms with van der Waals surface area (Å²) in [5.74, 6) is -0.555. The van der Waals surface area contributed by atoms with Crippen LogP contribution < -0.4 is 0 Å². The normalized spacial score (nSPS) is 17.5. The molecule has 0 unspecified atom stereocenters. The van der Waals surface area contributed by atoms with Crippen molar-refractivity contribution in [2.75, 3.05) is 13.1 Å². The van der Waals surface area contributed by atoms with Gasteiger partial charge in [0.15, 0.2) is 0 Å². The van der Waals surface area contributed by atoms with E-state index in [1.807, 2.05) is 24.2 Å². The minimum absolute atomic E-state index is 0.156. The van der Waals surface area contributed by atoms with E-state index in [0.29, 0.717) is 24.9 Å². The highest BCUT2D eigenvalue weighted by Gasteiger charge is 2.25. The molecule has 0 saturated carbocycles. The lowest BCUT2D eigenvalue weighted by Gasteiger charge is -2.33. The minimum atomic E-state index is -0.915. The molecule has 1 aliphatic heterocycles. The summed E-state index contributed by atoms with van der Waals surface area (Å²) < 4.78 is 1.74. The first-order chi connectivity index (χ1) is 12.0. The predicted octanol–water partition coefficient (Wildman–Crippen LogP) is 2.46. The quantitative estimate of drug-likeness (QED) is 0.906. The number of nitrogens with zero attached hydrogens (tertiary/aromatic N) is 3. The largest absolute Gasteiger partial charge is 0.478 e. The zero-order valence-corrected chi connectivity index (χ0v) is 14.4. The summed E-state index contributed by atoms with van der Waals surface area (Å²) in [6, 6.07) is 7.07.